The van der Waals surface area contributed by atoms with Crippen LogP contribution in [0.3, 0.4) is 0 Å². The van der Waals surface area contributed by atoms with Crippen molar-refractivity contribution in [1.29, 1.82) is 0 Å². The van der Waals surface area contributed by atoms with Crippen LogP contribution in [-0.4, -0.2) is 25.8 Å². The molecule has 1 fully saturated rings. The van der Waals surface area contributed by atoms with Crippen LogP contribution in [0.5, 0.6) is 0 Å². The van der Waals surface area contributed by atoms with E-state index in [1.165, 1.54) is 6.92 Å². The Morgan fingerprint density at radius 2 is 2.25 bits per heavy atom. The molecular formula is C9H16O3. The third-order valence-corrected chi connectivity index (χ3v) is 2.35. The van der Waals surface area contributed by atoms with Crippen molar-refractivity contribution in [2.75, 3.05) is 13.7 Å². The van der Waals surface area contributed by atoms with Crippen LogP contribution in [0.25, 0.3) is 0 Å². The van der Waals surface area contributed by atoms with E-state index in [4.69, 9.17) is 9.47 Å². The summed E-state index contributed by atoms with van der Waals surface area (Å²) in [5, 5.41) is 0. The van der Waals surface area contributed by atoms with Gasteiger partial charge in [0.1, 0.15) is 0 Å². The highest BCUT2D eigenvalue weighted by atomic mass is 16.5. The van der Waals surface area contributed by atoms with Gasteiger partial charge in [-0.2, -0.15) is 0 Å². The SMILES string of the molecule is COC1CCC(COC(C)=O)C1. The molecule has 2 unspecified atom stereocenters. The zero-order valence-electron chi connectivity index (χ0n) is 7.71. The van der Waals surface area contributed by atoms with Gasteiger partial charge < -0.3 is 9.47 Å². The third kappa shape index (κ3) is 2.81. The van der Waals surface area contributed by atoms with E-state index in [-0.39, 0.29) is 5.97 Å². The molecule has 0 aromatic carbocycles. The molecule has 0 aliphatic heterocycles. The Balaban J connectivity index is 2.15. The molecule has 0 saturated heterocycles. The minimum Gasteiger partial charge on any atom is -0.466 e. The fraction of sp³-hybridized carbons (Fsp3) is 0.889. The minimum absolute atomic E-state index is 0.184. The molecule has 1 aliphatic rings. The summed E-state index contributed by atoms with van der Waals surface area (Å²) in [7, 11) is 1.73. The second-order valence-corrected chi connectivity index (χ2v) is 3.34. The highest BCUT2D eigenvalue weighted by molar-refractivity contribution is 5.65. The lowest BCUT2D eigenvalue weighted by Gasteiger charge is -2.09. The number of hydrogen-bond donors (Lipinski definition) is 0. The fourth-order valence-electron chi connectivity index (χ4n) is 1.63. The first-order chi connectivity index (χ1) is 5.72. The third-order valence-electron chi connectivity index (χ3n) is 2.35. The summed E-state index contributed by atoms with van der Waals surface area (Å²) >= 11 is 0. The van der Waals surface area contributed by atoms with Crippen molar-refractivity contribution in [2.45, 2.75) is 32.3 Å². The van der Waals surface area contributed by atoms with E-state index >= 15 is 0 Å². The maximum absolute atomic E-state index is 10.5. The summed E-state index contributed by atoms with van der Waals surface area (Å²) in [6.07, 6.45) is 3.63. The lowest BCUT2D eigenvalue weighted by atomic mass is 10.1. The van der Waals surface area contributed by atoms with E-state index in [2.05, 4.69) is 0 Å². The summed E-state index contributed by atoms with van der Waals surface area (Å²) in [5.74, 6) is 0.328. The number of esters is 1. The van der Waals surface area contributed by atoms with Gasteiger partial charge in [0.2, 0.25) is 0 Å². The summed E-state index contributed by atoms with van der Waals surface area (Å²) in [5.41, 5.74) is 0. The second-order valence-electron chi connectivity index (χ2n) is 3.34. The highest BCUT2D eigenvalue weighted by Crippen LogP contribution is 2.27. The molecule has 0 aromatic rings. The van der Waals surface area contributed by atoms with Gasteiger partial charge in [0.05, 0.1) is 12.7 Å². The molecular weight excluding hydrogens is 156 g/mol. The number of carbonyl (C=O) groups excluding carboxylic acids is 1. The van der Waals surface area contributed by atoms with Crippen LogP contribution in [0.1, 0.15) is 26.2 Å². The van der Waals surface area contributed by atoms with Gasteiger partial charge in [-0.3, -0.25) is 4.79 Å². The van der Waals surface area contributed by atoms with Gasteiger partial charge in [-0.15, -0.1) is 0 Å². The lowest BCUT2D eigenvalue weighted by Crippen LogP contribution is -2.11. The monoisotopic (exact) mass is 172 g/mol. The van der Waals surface area contributed by atoms with Crippen molar-refractivity contribution in [3.63, 3.8) is 0 Å². The van der Waals surface area contributed by atoms with Gasteiger partial charge in [-0.25, -0.2) is 0 Å². The number of rotatable bonds is 3. The number of carbonyl (C=O) groups is 1. The molecule has 0 bridgehead atoms. The maximum atomic E-state index is 10.5. The van der Waals surface area contributed by atoms with Gasteiger partial charge in [-0.1, -0.05) is 0 Å². The first kappa shape index (κ1) is 9.52. The van der Waals surface area contributed by atoms with Crippen LogP contribution in [0.2, 0.25) is 0 Å². The second kappa shape index (κ2) is 4.45. The van der Waals surface area contributed by atoms with E-state index in [1.54, 1.807) is 7.11 Å². The molecule has 3 heteroatoms. The zero-order valence-corrected chi connectivity index (χ0v) is 7.71. The Hall–Kier alpha value is -0.570. The quantitative estimate of drug-likeness (QED) is 0.603. The lowest BCUT2D eigenvalue weighted by molar-refractivity contribution is -0.142. The van der Waals surface area contributed by atoms with Gasteiger partial charge in [0.15, 0.2) is 0 Å². The first-order valence-corrected chi connectivity index (χ1v) is 4.38. The highest BCUT2D eigenvalue weighted by Gasteiger charge is 2.24. The average molecular weight is 172 g/mol. The Kier molecular flexibility index (Phi) is 3.53. The Morgan fingerprint density at radius 3 is 2.75 bits per heavy atom. The molecule has 1 aliphatic carbocycles. The van der Waals surface area contributed by atoms with Gasteiger partial charge in [0, 0.05) is 14.0 Å². The molecule has 1 rings (SSSR count). The van der Waals surface area contributed by atoms with E-state index in [0.717, 1.165) is 19.3 Å². The standard InChI is InChI=1S/C9H16O3/c1-7(10)12-6-8-3-4-9(5-8)11-2/h8-9H,3-6H2,1-2H3. The van der Waals surface area contributed by atoms with E-state index in [0.29, 0.717) is 18.6 Å². The van der Waals surface area contributed by atoms with Crippen molar-refractivity contribution in [3.05, 3.63) is 0 Å². The molecule has 0 spiro atoms. The molecule has 1 saturated carbocycles. The van der Waals surface area contributed by atoms with E-state index in [9.17, 15) is 4.79 Å². The van der Waals surface area contributed by atoms with Crippen molar-refractivity contribution >= 4 is 5.97 Å². The summed E-state index contributed by atoms with van der Waals surface area (Å²) in [4.78, 5) is 10.5. The molecule has 12 heavy (non-hydrogen) atoms. The van der Waals surface area contributed by atoms with Crippen molar-refractivity contribution in [3.8, 4) is 0 Å². The number of hydrogen-bond acceptors (Lipinski definition) is 3. The Bertz CT molecular complexity index is 156. The van der Waals surface area contributed by atoms with Crippen LogP contribution >= 0.6 is 0 Å². The Labute approximate surface area is 73.0 Å². The van der Waals surface area contributed by atoms with E-state index < -0.39 is 0 Å². The van der Waals surface area contributed by atoms with Gasteiger partial charge >= 0.3 is 5.97 Å². The largest absolute Gasteiger partial charge is 0.466 e. The number of ether oxygens (including phenoxy) is 2. The molecule has 0 N–H and O–H groups in total. The van der Waals surface area contributed by atoms with Crippen molar-refractivity contribution in [2.24, 2.45) is 5.92 Å². The normalized spacial score (nSPS) is 28.8. The molecule has 0 heterocycles. The van der Waals surface area contributed by atoms with Gasteiger partial charge in [-0.05, 0) is 25.2 Å². The van der Waals surface area contributed by atoms with Crippen LogP contribution in [0, 0.1) is 5.92 Å². The number of methoxy groups -OCH3 is 1. The summed E-state index contributed by atoms with van der Waals surface area (Å²) < 4.78 is 10.1. The first-order valence-electron chi connectivity index (χ1n) is 4.38. The van der Waals surface area contributed by atoms with E-state index in [1.807, 2.05) is 0 Å². The smallest absolute Gasteiger partial charge is 0.302 e. The average Bonchev–Trinajstić information content (AvgIpc) is 2.48. The predicted molar refractivity (Wildman–Crippen MR) is 44.8 cm³/mol. The van der Waals surface area contributed by atoms with Crippen LogP contribution in [0.15, 0.2) is 0 Å². The fourth-order valence-corrected chi connectivity index (χ4v) is 1.63. The summed E-state index contributed by atoms with van der Waals surface area (Å²) in [6, 6.07) is 0. The van der Waals surface area contributed by atoms with Crippen molar-refractivity contribution in [1.82, 2.24) is 0 Å². The van der Waals surface area contributed by atoms with Crippen molar-refractivity contribution < 1.29 is 14.3 Å². The van der Waals surface area contributed by atoms with Gasteiger partial charge in [0.25, 0.3) is 0 Å². The molecule has 0 amide bonds. The zero-order chi connectivity index (χ0) is 8.97. The van der Waals surface area contributed by atoms with Crippen LogP contribution in [0.4, 0.5) is 0 Å². The Morgan fingerprint density at radius 1 is 1.50 bits per heavy atom. The predicted octanol–water partition coefficient (Wildman–Crippen LogP) is 1.36. The topological polar surface area (TPSA) is 35.5 Å². The molecule has 0 radical (unpaired) electrons. The van der Waals surface area contributed by atoms with Crippen LogP contribution in [-0.2, 0) is 14.3 Å². The molecule has 2 atom stereocenters. The minimum atomic E-state index is -0.184. The maximum Gasteiger partial charge on any atom is 0.302 e. The molecule has 70 valence electrons. The van der Waals surface area contributed by atoms with Crippen LogP contribution < -0.4 is 0 Å². The molecule has 0 aromatic heterocycles. The summed E-state index contributed by atoms with van der Waals surface area (Å²) in [6.45, 7) is 2.01. The molecule has 3 nitrogen and oxygen atoms in total.